The Hall–Kier alpha value is -0.620. The van der Waals surface area contributed by atoms with Gasteiger partial charge in [-0.1, -0.05) is 6.92 Å². The molecule has 1 fully saturated rings. The first-order valence-electron chi connectivity index (χ1n) is 6.16. The third-order valence-electron chi connectivity index (χ3n) is 3.00. The van der Waals surface area contributed by atoms with Crippen LogP contribution in [-0.2, 0) is 14.6 Å². The van der Waals surface area contributed by atoms with E-state index in [2.05, 4.69) is 10.6 Å². The molecular weight excluding hydrogens is 240 g/mol. The van der Waals surface area contributed by atoms with Crippen molar-refractivity contribution in [2.75, 3.05) is 24.6 Å². The average Bonchev–Trinajstić information content (AvgIpc) is 2.29. The zero-order chi connectivity index (χ0) is 12.9. The number of nitrogens with one attached hydrogen (secondary N) is 2. The van der Waals surface area contributed by atoms with Crippen molar-refractivity contribution in [3.63, 3.8) is 0 Å². The molecule has 0 bridgehead atoms. The van der Waals surface area contributed by atoms with E-state index in [-0.39, 0.29) is 29.4 Å². The highest BCUT2D eigenvalue weighted by Gasteiger charge is 2.23. The molecule has 17 heavy (non-hydrogen) atoms. The Balaban J connectivity index is 2.39. The quantitative estimate of drug-likeness (QED) is 0.727. The van der Waals surface area contributed by atoms with Crippen LogP contribution in [-0.4, -0.2) is 45.0 Å². The van der Waals surface area contributed by atoms with Crippen LogP contribution in [0.25, 0.3) is 0 Å². The van der Waals surface area contributed by atoms with Gasteiger partial charge in [0, 0.05) is 18.3 Å². The summed E-state index contributed by atoms with van der Waals surface area (Å²) >= 11 is 0. The maximum absolute atomic E-state index is 11.8. The summed E-state index contributed by atoms with van der Waals surface area (Å²) in [6.07, 6.45) is 1.88. The third kappa shape index (κ3) is 5.04. The molecule has 2 N–H and O–H groups in total. The molecule has 1 rings (SSSR count). The number of rotatable bonds is 5. The second-order valence-electron chi connectivity index (χ2n) is 4.65. The molecule has 0 radical (unpaired) electrons. The molecule has 2 unspecified atom stereocenters. The lowest BCUT2D eigenvalue weighted by molar-refractivity contribution is -0.125. The van der Waals surface area contributed by atoms with Crippen LogP contribution in [0.15, 0.2) is 0 Å². The highest BCUT2D eigenvalue weighted by atomic mass is 32.2. The minimum absolute atomic E-state index is 0.0180. The fraction of sp³-hybridized carbons (Fsp3) is 0.909. The van der Waals surface area contributed by atoms with Gasteiger partial charge >= 0.3 is 0 Å². The van der Waals surface area contributed by atoms with Gasteiger partial charge in [-0.3, -0.25) is 4.79 Å². The summed E-state index contributed by atoms with van der Waals surface area (Å²) < 4.78 is 22.8. The molecule has 0 saturated carbocycles. The van der Waals surface area contributed by atoms with Crippen molar-refractivity contribution in [2.45, 2.75) is 32.7 Å². The van der Waals surface area contributed by atoms with Crippen LogP contribution in [0.1, 0.15) is 26.7 Å². The van der Waals surface area contributed by atoms with E-state index in [1.807, 2.05) is 0 Å². The topological polar surface area (TPSA) is 75.3 Å². The maximum Gasteiger partial charge on any atom is 0.224 e. The summed E-state index contributed by atoms with van der Waals surface area (Å²) in [5.74, 6) is 0.0969. The van der Waals surface area contributed by atoms with Crippen molar-refractivity contribution in [2.24, 2.45) is 5.92 Å². The van der Waals surface area contributed by atoms with Crippen LogP contribution in [0.2, 0.25) is 0 Å². The molecule has 1 aliphatic rings. The third-order valence-corrected chi connectivity index (χ3v) is 4.89. The zero-order valence-electron chi connectivity index (χ0n) is 10.5. The van der Waals surface area contributed by atoms with Crippen LogP contribution in [0.3, 0.4) is 0 Å². The number of hydrogen-bond donors (Lipinski definition) is 2. The van der Waals surface area contributed by atoms with Crippen molar-refractivity contribution >= 4 is 15.7 Å². The number of carbonyl (C=O) groups excluding carboxylic acids is 1. The lowest BCUT2D eigenvalue weighted by Crippen LogP contribution is -2.45. The van der Waals surface area contributed by atoms with E-state index in [9.17, 15) is 13.2 Å². The fourth-order valence-electron chi connectivity index (χ4n) is 1.98. The number of sulfone groups is 1. The largest absolute Gasteiger partial charge is 0.352 e. The molecule has 0 aromatic carbocycles. The Morgan fingerprint density at radius 2 is 2.24 bits per heavy atom. The molecule has 0 aliphatic carbocycles. The summed E-state index contributed by atoms with van der Waals surface area (Å²) in [7, 11) is -3.03. The Labute approximate surface area is 103 Å². The van der Waals surface area contributed by atoms with Gasteiger partial charge in [0.05, 0.1) is 11.7 Å². The van der Waals surface area contributed by atoms with E-state index >= 15 is 0 Å². The number of hydrogen-bond acceptors (Lipinski definition) is 4. The van der Waals surface area contributed by atoms with E-state index in [0.717, 1.165) is 19.4 Å². The lowest BCUT2D eigenvalue weighted by atomic mass is 9.98. The molecule has 6 heteroatoms. The van der Waals surface area contributed by atoms with Crippen molar-refractivity contribution < 1.29 is 13.2 Å². The van der Waals surface area contributed by atoms with E-state index in [1.165, 1.54) is 0 Å². The van der Waals surface area contributed by atoms with Crippen LogP contribution >= 0.6 is 0 Å². The Morgan fingerprint density at radius 1 is 1.53 bits per heavy atom. The van der Waals surface area contributed by atoms with Crippen LogP contribution in [0.5, 0.6) is 0 Å². The van der Waals surface area contributed by atoms with Crippen LogP contribution in [0, 0.1) is 5.92 Å². The first-order valence-corrected chi connectivity index (χ1v) is 7.98. The van der Waals surface area contributed by atoms with Crippen molar-refractivity contribution in [3.05, 3.63) is 0 Å². The average molecular weight is 262 g/mol. The summed E-state index contributed by atoms with van der Waals surface area (Å²) in [6.45, 7) is 5.01. The second-order valence-corrected chi connectivity index (χ2v) is 7.05. The monoisotopic (exact) mass is 262 g/mol. The number of carbonyl (C=O) groups is 1. The molecule has 0 spiro atoms. The first kappa shape index (κ1) is 14.4. The summed E-state index contributed by atoms with van der Waals surface area (Å²) in [5, 5.41) is 5.95. The number of piperidine rings is 1. The minimum Gasteiger partial charge on any atom is -0.352 e. The molecular formula is C11H22N2O3S. The maximum atomic E-state index is 11.8. The van der Waals surface area contributed by atoms with Crippen molar-refractivity contribution in [1.82, 2.24) is 10.6 Å². The van der Waals surface area contributed by atoms with Crippen LogP contribution in [0.4, 0.5) is 0 Å². The van der Waals surface area contributed by atoms with Crippen molar-refractivity contribution in [3.8, 4) is 0 Å². The predicted octanol–water partition coefficient (Wildman–Crippen LogP) is -0.0746. The first-order chi connectivity index (χ1) is 7.94. The second kappa shape index (κ2) is 6.35. The summed E-state index contributed by atoms with van der Waals surface area (Å²) in [5.41, 5.74) is 0. The SMILES string of the molecule is CCS(=O)(=O)CC(C)NC(=O)C1CCCNC1. The minimum atomic E-state index is -3.03. The van der Waals surface area contributed by atoms with E-state index in [0.29, 0.717) is 6.54 Å². The van der Waals surface area contributed by atoms with E-state index in [4.69, 9.17) is 0 Å². The van der Waals surface area contributed by atoms with Crippen molar-refractivity contribution in [1.29, 1.82) is 0 Å². The molecule has 1 heterocycles. The van der Waals surface area contributed by atoms with E-state index in [1.54, 1.807) is 13.8 Å². The van der Waals surface area contributed by atoms with Gasteiger partial charge in [0.1, 0.15) is 0 Å². The number of amides is 1. The standard InChI is InChI=1S/C11H22N2O3S/c1-3-17(15,16)8-9(2)13-11(14)10-5-4-6-12-7-10/h9-10,12H,3-8H2,1-2H3,(H,13,14). The van der Waals surface area contributed by atoms with Gasteiger partial charge in [0.25, 0.3) is 0 Å². The van der Waals surface area contributed by atoms with Gasteiger partial charge in [0.2, 0.25) is 5.91 Å². The molecule has 100 valence electrons. The Kier molecular flexibility index (Phi) is 5.39. The smallest absolute Gasteiger partial charge is 0.224 e. The molecule has 5 nitrogen and oxygen atoms in total. The highest BCUT2D eigenvalue weighted by molar-refractivity contribution is 7.91. The molecule has 1 amide bonds. The van der Waals surface area contributed by atoms with Gasteiger partial charge in [-0.15, -0.1) is 0 Å². The normalized spacial score (nSPS) is 23.1. The van der Waals surface area contributed by atoms with Gasteiger partial charge < -0.3 is 10.6 Å². The van der Waals surface area contributed by atoms with Gasteiger partial charge in [0.15, 0.2) is 9.84 Å². The van der Waals surface area contributed by atoms with E-state index < -0.39 is 9.84 Å². The summed E-state index contributed by atoms with van der Waals surface area (Å²) in [6, 6.07) is -0.311. The predicted molar refractivity (Wildman–Crippen MR) is 67.5 cm³/mol. The van der Waals surface area contributed by atoms with Gasteiger partial charge in [-0.2, -0.15) is 0 Å². The Morgan fingerprint density at radius 3 is 2.76 bits per heavy atom. The molecule has 1 saturated heterocycles. The van der Waals surface area contributed by atoms with Gasteiger partial charge in [-0.05, 0) is 26.3 Å². The highest BCUT2D eigenvalue weighted by Crippen LogP contribution is 2.10. The molecule has 1 aliphatic heterocycles. The fourth-order valence-corrected chi connectivity index (χ4v) is 3.06. The zero-order valence-corrected chi connectivity index (χ0v) is 11.3. The van der Waals surface area contributed by atoms with Crippen LogP contribution < -0.4 is 10.6 Å². The molecule has 2 atom stereocenters. The van der Waals surface area contributed by atoms with Gasteiger partial charge in [-0.25, -0.2) is 8.42 Å². The summed E-state index contributed by atoms with van der Waals surface area (Å²) in [4.78, 5) is 11.8. The molecule has 0 aromatic rings. The Bertz CT molecular complexity index is 348. The lowest BCUT2D eigenvalue weighted by Gasteiger charge is -2.23. The molecule has 0 aromatic heterocycles.